The predicted molar refractivity (Wildman–Crippen MR) is 94.8 cm³/mol. The van der Waals surface area contributed by atoms with Crippen molar-refractivity contribution in [3.05, 3.63) is 59.7 Å². The Bertz CT molecular complexity index is 583. The van der Waals surface area contributed by atoms with Crippen LogP contribution < -0.4 is 15.2 Å². The molecular weight excluding hydrogens is 286 g/mol. The summed E-state index contributed by atoms with van der Waals surface area (Å²) in [7, 11) is 1.66. The first-order valence-electron chi connectivity index (χ1n) is 8.34. The number of hydrogen-bond donors (Lipinski definition) is 1. The Morgan fingerprint density at radius 1 is 1.00 bits per heavy atom. The summed E-state index contributed by atoms with van der Waals surface area (Å²) in [5, 5.41) is 0. The van der Waals surface area contributed by atoms with Crippen LogP contribution >= 0.6 is 0 Å². The van der Waals surface area contributed by atoms with Crippen LogP contribution in [-0.4, -0.2) is 7.11 Å². The summed E-state index contributed by atoms with van der Waals surface area (Å²) >= 11 is 0. The van der Waals surface area contributed by atoms with Crippen molar-refractivity contribution in [3.8, 4) is 11.5 Å². The summed E-state index contributed by atoms with van der Waals surface area (Å²) in [6.07, 6.45) is 4.59. The molecule has 3 heteroatoms. The molecule has 2 N–H and O–H groups in total. The third-order valence-corrected chi connectivity index (χ3v) is 3.97. The Balaban J connectivity index is 2.05. The predicted octanol–water partition coefficient (Wildman–Crippen LogP) is 4.85. The maximum atomic E-state index is 6.31. The van der Waals surface area contributed by atoms with Gasteiger partial charge in [0.2, 0.25) is 0 Å². The summed E-state index contributed by atoms with van der Waals surface area (Å²) in [5.74, 6) is 1.49. The monoisotopic (exact) mass is 313 g/mol. The highest BCUT2D eigenvalue weighted by molar-refractivity contribution is 5.44. The Morgan fingerprint density at radius 2 is 1.78 bits per heavy atom. The molecule has 0 amide bonds. The molecule has 0 heterocycles. The molecule has 2 rings (SSSR count). The van der Waals surface area contributed by atoms with Gasteiger partial charge in [0.1, 0.15) is 6.61 Å². The van der Waals surface area contributed by atoms with Gasteiger partial charge in [-0.1, -0.05) is 62.6 Å². The highest BCUT2D eigenvalue weighted by Crippen LogP contribution is 2.31. The van der Waals surface area contributed by atoms with Gasteiger partial charge in [0.05, 0.1) is 7.11 Å². The third kappa shape index (κ3) is 5.29. The van der Waals surface area contributed by atoms with E-state index >= 15 is 0 Å². The van der Waals surface area contributed by atoms with Crippen LogP contribution in [0.4, 0.5) is 0 Å². The van der Waals surface area contributed by atoms with E-state index in [1.165, 1.54) is 12.8 Å². The van der Waals surface area contributed by atoms with Crippen LogP contribution in [-0.2, 0) is 6.61 Å². The smallest absolute Gasteiger partial charge is 0.161 e. The average Bonchev–Trinajstić information content (AvgIpc) is 2.60. The lowest BCUT2D eigenvalue weighted by Crippen LogP contribution is -2.10. The minimum atomic E-state index is 0.0477. The average molecular weight is 313 g/mol. The summed E-state index contributed by atoms with van der Waals surface area (Å²) in [6.45, 7) is 2.72. The fourth-order valence-electron chi connectivity index (χ4n) is 2.55. The van der Waals surface area contributed by atoms with E-state index in [-0.39, 0.29) is 6.04 Å². The molecule has 0 fully saturated rings. The van der Waals surface area contributed by atoms with Gasteiger partial charge in [-0.05, 0) is 29.7 Å². The van der Waals surface area contributed by atoms with Crippen molar-refractivity contribution in [2.75, 3.05) is 7.11 Å². The number of rotatable bonds is 9. The molecule has 0 aromatic heterocycles. The van der Waals surface area contributed by atoms with E-state index in [2.05, 4.69) is 6.92 Å². The number of benzene rings is 2. The highest BCUT2D eigenvalue weighted by atomic mass is 16.5. The minimum absolute atomic E-state index is 0.0477. The molecule has 0 saturated carbocycles. The van der Waals surface area contributed by atoms with Crippen LogP contribution in [0.1, 0.15) is 49.8 Å². The van der Waals surface area contributed by atoms with Crippen LogP contribution in [0.3, 0.4) is 0 Å². The highest BCUT2D eigenvalue weighted by Gasteiger charge is 2.11. The maximum Gasteiger partial charge on any atom is 0.161 e. The van der Waals surface area contributed by atoms with Crippen LogP contribution in [0.15, 0.2) is 48.5 Å². The molecule has 0 spiro atoms. The first-order chi connectivity index (χ1) is 11.2. The zero-order valence-corrected chi connectivity index (χ0v) is 14.1. The van der Waals surface area contributed by atoms with Crippen LogP contribution in [0.2, 0.25) is 0 Å². The summed E-state index contributed by atoms with van der Waals surface area (Å²) in [6, 6.07) is 16.1. The molecule has 0 radical (unpaired) electrons. The second-order valence-corrected chi connectivity index (χ2v) is 5.79. The van der Waals surface area contributed by atoms with Crippen molar-refractivity contribution in [1.82, 2.24) is 0 Å². The Morgan fingerprint density at radius 3 is 2.48 bits per heavy atom. The SMILES string of the molecule is CCCCC[C@H](N)c1ccc(OC)c(OCc2ccccc2)c1. The summed E-state index contributed by atoms with van der Waals surface area (Å²) < 4.78 is 11.4. The van der Waals surface area contributed by atoms with Gasteiger partial charge in [-0.3, -0.25) is 0 Å². The van der Waals surface area contributed by atoms with E-state index in [1.54, 1.807) is 7.11 Å². The van der Waals surface area contributed by atoms with Crippen molar-refractivity contribution in [1.29, 1.82) is 0 Å². The van der Waals surface area contributed by atoms with Crippen molar-refractivity contribution in [3.63, 3.8) is 0 Å². The third-order valence-electron chi connectivity index (χ3n) is 3.97. The second kappa shape index (κ2) is 9.21. The Kier molecular flexibility index (Phi) is 6.95. The second-order valence-electron chi connectivity index (χ2n) is 5.79. The van der Waals surface area contributed by atoms with E-state index in [4.69, 9.17) is 15.2 Å². The molecular formula is C20H27NO2. The standard InChI is InChI=1S/C20H27NO2/c1-3-4-6-11-18(21)17-12-13-19(22-2)20(14-17)23-15-16-9-7-5-8-10-16/h5,7-10,12-14,18H,3-4,6,11,15,21H2,1-2H3/t18-/m0/s1. The number of methoxy groups -OCH3 is 1. The van der Waals surface area contributed by atoms with Crippen molar-refractivity contribution >= 4 is 0 Å². The van der Waals surface area contributed by atoms with Gasteiger partial charge in [-0.25, -0.2) is 0 Å². The van der Waals surface area contributed by atoms with Gasteiger partial charge in [-0.2, -0.15) is 0 Å². The minimum Gasteiger partial charge on any atom is -0.493 e. The van der Waals surface area contributed by atoms with Crippen LogP contribution in [0.25, 0.3) is 0 Å². The van der Waals surface area contributed by atoms with Crippen molar-refractivity contribution < 1.29 is 9.47 Å². The van der Waals surface area contributed by atoms with E-state index < -0.39 is 0 Å². The van der Waals surface area contributed by atoms with Gasteiger partial charge in [0, 0.05) is 6.04 Å². The number of hydrogen-bond acceptors (Lipinski definition) is 3. The molecule has 0 saturated heterocycles. The lowest BCUT2D eigenvalue weighted by molar-refractivity contribution is 0.284. The van der Waals surface area contributed by atoms with Gasteiger partial charge in [0.15, 0.2) is 11.5 Å². The maximum absolute atomic E-state index is 6.31. The van der Waals surface area contributed by atoms with Gasteiger partial charge < -0.3 is 15.2 Å². The molecule has 0 unspecified atom stereocenters. The molecule has 1 atom stereocenters. The largest absolute Gasteiger partial charge is 0.493 e. The van der Waals surface area contributed by atoms with E-state index in [0.717, 1.165) is 35.5 Å². The molecule has 3 nitrogen and oxygen atoms in total. The fraction of sp³-hybridized carbons (Fsp3) is 0.400. The number of ether oxygens (including phenoxy) is 2. The van der Waals surface area contributed by atoms with Crippen molar-refractivity contribution in [2.24, 2.45) is 5.73 Å². The lowest BCUT2D eigenvalue weighted by atomic mass is 10.0. The molecule has 2 aromatic carbocycles. The molecule has 0 aliphatic carbocycles. The van der Waals surface area contributed by atoms with Gasteiger partial charge >= 0.3 is 0 Å². The Labute approximate surface area is 139 Å². The molecule has 0 bridgehead atoms. The van der Waals surface area contributed by atoms with E-state index in [0.29, 0.717) is 6.61 Å². The van der Waals surface area contributed by atoms with E-state index in [1.807, 2.05) is 48.5 Å². The number of unbranched alkanes of at least 4 members (excludes halogenated alkanes) is 2. The first-order valence-corrected chi connectivity index (χ1v) is 8.34. The number of nitrogens with two attached hydrogens (primary N) is 1. The molecule has 2 aromatic rings. The molecule has 0 aliphatic heterocycles. The zero-order chi connectivity index (χ0) is 16.5. The molecule has 0 aliphatic rings. The molecule has 124 valence electrons. The van der Waals surface area contributed by atoms with Crippen LogP contribution in [0, 0.1) is 0 Å². The normalized spacial score (nSPS) is 12.0. The van der Waals surface area contributed by atoms with Gasteiger partial charge in [0.25, 0.3) is 0 Å². The fourth-order valence-corrected chi connectivity index (χ4v) is 2.55. The van der Waals surface area contributed by atoms with Crippen LogP contribution in [0.5, 0.6) is 11.5 Å². The Hall–Kier alpha value is -2.00. The summed E-state index contributed by atoms with van der Waals surface area (Å²) in [4.78, 5) is 0. The zero-order valence-electron chi connectivity index (χ0n) is 14.1. The first kappa shape index (κ1) is 17.4. The van der Waals surface area contributed by atoms with E-state index in [9.17, 15) is 0 Å². The van der Waals surface area contributed by atoms with Crippen molar-refractivity contribution in [2.45, 2.75) is 45.3 Å². The quantitative estimate of drug-likeness (QED) is 0.673. The summed E-state index contributed by atoms with van der Waals surface area (Å²) in [5.41, 5.74) is 8.54. The lowest BCUT2D eigenvalue weighted by Gasteiger charge is -2.16. The topological polar surface area (TPSA) is 44.5 Å². The van der Waals surface area contributed by atoms with Gasteiger partial charge in [-0.15, -0.1) is 0 Å². The molecule has 23 heavy (non-hydrogen) atoms.